The molecule has 0 aromatic heterocycles. The van der Waals surface area contributed by atoms with Crippen LogP contribution in [0.4, 0.5) is 0 Å². The van der Waals surface area contributed by atoms with E-state index in [0.29, 0.717) is 12.0 Å². The van der Waals surface area contributed by atoms with Crippen LogP contribution in [-0.2, 0) is 4.74 Å². The van der Waals surface area contributed by atoms with Gasteiger partial charge in [-0.2, -0.15) is 0 Å². The maximum atomic E-state index is 9.86. The van der Waals surface area contributed by atoms with Crippen molar-refractivity contribution in [2.75, 3.05) is 0 Å². The molecule has 2 nitrogen and oxygen atoms in total. The lowest BCUT2D eigenvalue weighted by molar-refractivity contribution is 0.0585. The zero-order valence-electron chi connectivity index (χ0n) is 7.70. The predicted octanol–water partition coefficient (Wildman–Crippen LogP) is 1.71. The van der Waals surface area contributed by atoms with Gasteiger partial charge in [0, 0.05) is 0 Å². The van der Waals surface area contributed by atoms with Crippen LogP contribution in [0.5, 0.6) is 0 Å². The van der Waals surface area contributed by atoms with Crippen LogP contribution < -0.4 is 0 Å². The Bertz CT molecular complexity index is 152. The number of aliphatic hydroxyl groups excluding tert-OH is 1. The minimum atomic E-state index is -0.180. The van der Waals surface area contributed by atoms with Gasteiger partial charge in [0.2, 0.25) is 0 Å². The smallest absolute Gasteiger partial charge is 0.110 e. The van der Waals surface area contributed by atoms with Crippen molar-refractivity contribution in [2.45, 2.75) is 57.3 Å². The molecule has 0 bridgehead atoms. The summed E-state index contributed by atoms with van der Waals surface area (Å²) >= 11 is 0. The van der Waals surface area contributed by atoms with Gasteiger partial charge in [0.25, 0.3) is 0 Å². The van der Waals surface area contributed by atoms with E-state index in [1.165, 1.54) is 32.1 Å². The SMILES string of the molecule is C[C@H]1O[C@@H]1[C@@H](O)C1CCCCC1. The van der Waals surface area contributed by atoms with Crippen LogP contribution in [0.25, 0.3) is 0 Å². The third-order valence-corrected chi connectivity index (χ3v) is 3.23. The molecule has 0 amide bonds. The van der Waals surface area contributed by atoms with Crippen molar-refractivity contribution in [3.63, 3.8) is 0 Å². The van der Waals surface area contributed by atoms with Crippen molar-refractivity contribution in [2.24, 2.45) is 5.92 Å². The molecule has 1 saturated carbocycles. The monoisotopic (exact) mass is 170 g/mol. The molecule has 70 valence electrons. The van der Waals surface area contributed by atoms with Crippen molar-refractivity contribution in [3.8, 4) is 0 Å². The van der Waals surface area contributed by atoms with E-state index in [-0.39, 0.29) is 12.2 Å². The third-order valence-electron chi connectivity index (χ3n) is 3.23. The van der Waals surface area contributed by atoms with Crippen LogP contribution in [0.2, 0.25) is 0 Å². The highest BCUT2D eigenvalue weighted by Gasteiger charge is 2.43. The Balaban J connectivity index is 1.82. The lowest BCUT2D eigenvalue weighted by atomic mass is 9.84. The zero-order chi connectivity index (χ0) is 8.55. The van der Waals surface area contributed by atoms with E-state index in [1.54, 1.807) is 0 Å². The van der Waals surface area contributed by atoms with Gasteiger partial charge < -0.3 is 9.84 Å². The Morgan fingerprint density at radius 2 is 1.83 bits per heavy atom. The highest BCUT2D eigenvalue weighted by Crippen LogP contribution is 2.35. The molecular weight excluding hydrogens is 152 g/mol. The van der Waals surface area contributed by atoms with Gasteiger partial charge in [-0.1, -0.05) is 19.3 Å². The van der Waals surface area contributed by atoms with E-state index in [4.69, 9.17) is 4.74 Å². The summed E-state index contributed by atoms with van der Waals surface area (Å²) in [6.45, 7) is 2.04. The Morgan fingerprint density at radius 1 is 1.25 bits per heavy atom. The third kappa shape index (κ3) is 1.64. The summed E-state index contributed by atoms with van der Waals surface area (Å²) < 4.78 is 5.28. The molecule has 2 aliphatic rings. The molecule has 1 heterocycles. The van der Waals surface area contributed by atoms with Gasteiger partial charge in [0.05, 0.1) is 12.2 Å². The Morgan fingerprint density at radius 3 is 2.33 bits per heavy atom. The van der Waals surface area contributed by atoms with Gasteiger partial charge in [-0.05, 0) is 25.7 Å². The second kappa shape index (κ2) is 3.35. The van der Waals surface area contributed by atoms with E-state index < -0.39 is 0 Å². The number of hydrogen-bond donors (Lipinski definition) is 1. The molecule has 1 N–H and O–H groups in total. The molecule has 0 aromatic rings. The second-order valence-corrected chi connectivity index (χ2v) is 4.19. The Hall–Kier alpha value is -0.0800. The molecule has 2 heteroatoms. The molecule has 12 heavy (non-hydrogen) atoms. The van der Waals surface area contributed by atoms with E-state index in [2.05, 4.69) is 0 Å². The average molecular weight is 170 g/mol. The summed E-state index contributed by atoms with van der Waals surface area (Å²) in [5.74, 6) is 0.522. The largest absolute Gasteiger partial charge is 0.390 e. The summed E-state index contributed by atoms with van der Waals surface area (Å²) in [6, 6.07) is 0. The van der Waals surface area contributed by atoms with Crippen molar-refractivity contribution in [3.05, 3.63) is 0 Å². The number of epoxide rings is 1. The van der Waals surface area contributed by atoms with Crippen LogP contribution in [0.15, 0.2) is 0 Å². The van der Waals surface area contributed by atoms with Gasteiger partial charge in [-0.15, -0.1) is 0 Å². The predicted molar refractivity (Wildman–Crippen MR) is 46.9 cm³/mol. The van der Waals surface area contributed by atoms with Crippen LogP contribution in [0.3, 0.4) is 0 Å². The second-order valence-electron chi connectivity index (χ2n) is 4.19. The first-order valence-corrected chi connectivity index (χ1v) is 5.12. The van der Waals surface area contributed by atoms with E-state index in [1.807, 2.05) is 6.92 Å². The van der Waals surface area contributed by atoms with E-state index in [9.17, 15) is 5.11 Å². The van der Waals surface area contributed by atoms with Crippen molar-refractivity contribution >= 4 is 0 Å². The first-order chi connectivity index (χ1) is 5.79. The molecule has 1 aliphatic heterocycles. The van der Waals surface area contributed by atoms with Gasteiger partial charge in [-0.25, -0.2) is 0 Å². The summed E-state index contributed by atoms with van der Waals surface area (Å²) in [5.41, 5.74) is 0. The molecule has 2 rings (SSSR count). The van der Waals surface area contributed by atoms with Crippen molar-refractivity contribution < 1.29 is 9.84 Å². The van der Waals surface area contributed by atoms with Gasteiger partial charge in [-0.3, -0.25) is 0 Å². The summed E-state index contributed by atoms with van der Waals surface area (Å²) in [4.78, 5) is 0. The van der Waals surface area contributed by atoms with E-state index in [0.717, 1.165) is 0 Å². The van der Waals surface area contributed by atoms with E-state index >= 15 is 0 Å². The topological polar surface area (TPSA) is 32.8 Å². The number of ether oxygens (including phenoxy) is 1. The fraction of sp³-hybridized carbons (Fsp3) is 1.00. The van der Waals surface area contributed by atoms with Crippen molar-refractivity contribution in [1.82, 2.24) is 0 Å². The molecular formula is C10H18O2. The van der Waals surface area contributed by atoms with Crippen molar-refractivity contribution in [1.29, 1.82) is 0 Å². The molecule has 1 aliphatic carbocycles. The summed E-state index contributed by atoms with van der Waals surface area (Å²) in [7, 11) is 0. The van der Waals surface area contributed by atoms with Crippen LogP contribution in [0, 0.1) is 5.92 Å². The van der Waals surface area contributed by atoms with Gasteiger partial charge in [0.1, 0.15) is 6.10 Å². The average Bonchev–Trinajstić information content (AvgIpc) is 2.83. The minimum absolute atomic E-state index is 0.160. The Kier molecular flexibility index (Phi) is 2.37. The van der Waals surface area contributed by atoms with Crippen LogP contribution in [0.1, 0.15) is 39.0 Å². The first kappa shape index (κ1) is 8.52. The Labute approximate surface area is 73.9 Å². The van der Waals surface area contributed by atoms with Gasteiger partial charge in [0.15, 0.2) is 0 Å². The molecule has 3 atom stereocenters. The summed E-state index contributed by atoms with van der Waals surface area (Å²) in [5, 5.41) is 9.86. The standard InChI is InChI=1S/C10H18O2/c1-7-10(12-7)9(11)8-5-3-2-4-6-8/h7-11H,2-6H2,1H3/t7-,9+,10+/m1/s1. The first-order valence-electron chi connectivity index (χ1n) is 5.12. The number of rotatable bonds is 2. The molecule has 0 radical (unpaired) electrons. The number of hydrogen-bond acceptors (Lipinski definition) is 2. The highest BCUT2D eigenvalue weighted by molar-refractivity contribution is 4.91. The molecule has 0 aromatic carbocycles. The molecule has 0 unspecified atom stereocenters. The van der Waals surface area contributed by atoms with Crippen LogP contribution >= 0.6 is 0 Å². The summed E-state index contributed by atoms with van der Waals surface area (Å²) in [6.07, 6.45) is 6.63. The minimum Gasteiger partial charge on any atom is -0.390 e. The highest BCUT2D eigenvalue weighted by atomic mass is 16.6. The zero-order valence-corrected chi connectivity index (χ0v) is 7.70. The molecule has 0 spiro atoms. The van der Waals surface area contributed by atoms with Gasteiger partial charge >= 0.3 is 0 Å². The molecule has 2 fully saturated rings. The van der Waals surface area contributed by atoms with Crippen LogP contribution in [-0.4, -0.2) is 23.4 Å². The lowest BCUT2D eigenvalue weighted by Crippen LogP contribution is -2.28. The quantitative estimate of drug-likeness (QED) is 0.640. The lowest BCUT2D eigenvalue weighted by Gasteiger charge is -2.25. The maximum absolute atomic E-state index is 9.86. The maximum Gasteiger partial charge on any atom is 0.110 e. The normalized spacial score (nSPS) is 39.5. The molecule has 1 saturated heterocycles. The fourth-order valence-electron chi connectivity index (χ4n) is 2.30. The fourth-order valence-corrected chi connectivity index (χ4v) is 2.30. The number of aliphatic hydroxyl groups is 1.